The lowest BCUT2D eigenvalue weighted by molar-refractivity contribution is -0.133. The van der Waals surface area contributed by atoms with Crippen LogP contribution >= 0.6 is 11.6 Å². The summed E-state index contributed by atoms with van der Waals surface area (Å²) in [6.07, 6.45) is 0.476. The maximum atomic E-state index is 12.7. The second-order valence-corrected chi connectivity index (χ2v) is 8.26. The Balaban J connectivity index is 1.26. The van der Waals surface area contributed by atoms with Gasteiger partial charge in [0.25, 0.3) is 5.91 Å². The van der Waals surface area contributed by atoms with E-state index in [0.29, 0.717) is 24.3 Å². The third-order valence-corrected chi connectivity index (χ3v) is 6.14. The Bertz CT molecular complexity index is 988. The van der Waals surface area contributed by atoms with Crippen molar-refractivity contribution >= 4 is 35.0 Å². The van der Waals surface area contributed by atoms with Crippen molar-refractivity contribution in [1.82, 2.24) is 15.1 Å². The number of carbonyl (C=O) groups is 3. The Labute approximate surface area is 186 Å². The molecule has 7 nitrogen and oxygen atoms in total. The number of halogens is 1. The molecule has 2 aliphatic heterocycles. The molecule has 3 amide bonds. The molecule has 2 aromatic rings. The van der Waals surface area contributed by atoms with Gasteiger partial charge in [-0.25, -0.2) is 0 Å². The van der Waals surface area contributed by atoms with E-state index < -0.39 is 6.04 Å². The van der Waals surface area contributed by atoms with Crippen LogP contribution in [0.4, 0.5) is 5.69 Å². The molecule has 0 saturated carbocycles. The smallest absolute Gasteiger partial charge is 0.254 e. The molecule has 0 aliphatic carbocycles. The van der Waals surface area contributed by atoms with Crippen molar-refractivity contribution < 1.29 is 14.4 Å². The Morgan fingerprint density at radius 1 is 1.00 bits per heavy atom. The van der Waals surface area contributed by atoms with Gasteiger partial charge in [0.2, 0.25) is 11.8 Å². The van der Waals surface area contributed by atoms with Crippen molar-refractivity contribution in [3.8, 4) is 0 Å². The number of nitrogens with one attached hydrogen (secondary N) is 2. The summed E-state index contributed by atoms with van der Waals surface area (Å²) in [5.41, 5.74) is 2.01. The van der Waals surface area contributed by atoms with E-state index in [4.69, 9.17) is 11.6 Å². The lowest BCUT2D eigenvalue weighted by Crippen LogP contribution is -2.49. The molecule has 2 aliphatic rings. The molecule has 31 heavy (non-hydrogen) atoms. The number of hydrogen-bond donors (Lipinski definition) is 2. The van der Waals surface area contributed by atoms with E-state index in [0.717, 1.165) is 30.2 Å². The number of nitrogens with zero attached hydrogens (tertiary/aromatic N) is 2. The van der Waals surface area contributed by atoms with E-state index in [1.54, 1.807) is 24.3 Å². The fourth-order valence-electron chi connectivity index (χ4n) is 3.96. The Hall–Kier alpha value is -2.90. The van der Waals surface area contributed by atoms with Gasteiger partial charge in [-0.2, -0.15) is 0 Å². The third kappa shape index (κ3) is 5.06. The Morgan fingerprint density at radius 2 is 1.71 bits per heavy atom. The minimum absolute atomic E-state index is 0.00111. The van der Waals surface area contributed by atoms with Gasteiger partial charge in [0.15, 0.2) is 0 Å². The number of piperazine rings is 1. The van der Waals surface area contributed by atoms with Crippen LogP contribution < -0.4 is 10.6 Å². The van der Waals surface area contributed by atoms with E-state index in [2.05, 4.69) is 15.5 Å². The first-order valence-corrected chi connectivity index (χ1v) is 10.8. The van der Waals surface area contributed by atoms with E-state index in [1.165, 1.54) is 0 Å². The third-order valence-electron chi connectivity index (χ3n) is 5.78. The summed E-state index contributed by atoms with van der Waals surface area (Å²) < 4.78 is 0. The molecule has 162 valence electrons. The molecule has 1 unspecified atom stereocenters. The van der Waals surface area contributed by atoms with Crippen LogP contribution in [-0.2, 0) is 16.1 Å². The van der Waals surface area contributed by atoms with Crippen LogP contribution in [0.2, 0.25) is 5.02 Å². The first kappa shape index (κ1) is 21.3. The fraction of sp³-hybridized carbons (Fsp3) is 0.348. The summed E-state index contributed by atoms with van der Waals surface area (Å²) in [4.78, 5) is 41.7. The molecule has 2 aromatic carbocycles. The SMILES string of the molecule is O=C1NC(CCC(=O)N2CCN(Cc3ccccc3Cl)CC2)C(=O)Nc2ccccc21. The van der Waals surface area contributed by atoms with Crippen LogP contribution in [0.5, 0.6) is 0 Å². The molecule has 2 heterocycles. The Morgan fingerprint density at radius 3 is 2.48 bits per heavy atom. The van der Waals surface area contributed by atoms with Crippen LogP contribution in [0.25, 0.3) is 0 Å². The van der Waals surface area contributed by atoms with Gasteiger partial charge in [0, 0.05) is 44.2 Å². The predicted octanol–water partition coefficient (Wildman–Crippen LogP) is 2.52. The standard InChI is InChI=1S/C23H25ClN4O3/c24-18-7-3-1-5-16(18)15-27-11-13-28(14-12-27)21(29)10-9-20-23(31)25-19-8-4-2-6-17(19)22(30)26-20/h1-8,20H,9-15H2,(H,25,31)(H,26,30). The highest BCUT2D eigenvalue weighted by atomic mass is 35.5. The second-order valence-electron chi connectivity index (χ2n) is 7.85. The molecule has 8 heteroatoms. The van der Waals surface area contributed by atoms with Crippen molar-refractivity contribution in [2.24, 2.45) is 0 Å². The monoisotopic (exact) mass is 440 g/mol. The fourth-order valence-corrected chi connectivity index (χ4v) is 4.16. The molecule has 0 spiro atoms. The zero-order chi connectivity index (χ0) is 21.8. The van der Waals surface area contributed by atoms with Crippen molar-refractivity contribution in [3.63, 3.8) is 0 Å². The predicted molar refractivity (Wildman–Crippen MR) is 119 cm³/mol. The van der Waals surface area contributed by atoms with E-state index in [9.17, 15) is 14.4 Å². The first-order chi connectivity index (χ1) is 15.0. The molecular weight excluding hydrogens is 416 g/mol. The van der Waals surface area contributed by atoms with Crippen LogP contribution in [0.1, 0.15) is 28.8 Å². The quantitative estimate of drug-likeness (QED) is 0.748. The van der Waals surface area contributed by atoms with E-state index >= 15 is 0 Å². The molecule has 4 rings (SSSR count). The van der Waals surface area contributed by atoms with E-state index in [-0.39, 0.29) is 30.6 Å². The summed E-state index contributed by atoms with van der Waals surface area (Å²) >= 11 is 6.25. The number of para-hydroxylation sites is 1. The summed E-state index contributed by atoms with van der Waals surface area (Å²) in [5.74, 6) is -0.601. The highest BCUT2D eigenvalue weighted by Crippen LogP contribution is 2.20. The molecule has 0 bridgehead atoms. The number of hydrogen-bond acceptors (Lipinski definition) is 4. The molecule has 0 aromatic heterocycles. The highest BCUT2D eigenvalue weighted by molar-refractivity contribution is 6.31. The van der Waals surface area contributed by atoms with Crippen LogP contribution in [0.15, 0.2) is 48.5 Å². The Kier molecular flexibility index (Phi) is 6.53. The van der Waals surface area contributed by atoms with Crippen LogP contribution in [0, 0.1) is 0 Å². The van der Waals surface area contributed by atoms with E-state index in [1.807, 2.05) is 29.2 Å². The average Bonchev–Trinajstić information content (AvgIpc) is 2.90. The van der Waals surface area contributed by atoms with Gasteiger partial charge >= 0.3 is 0 Å². The van der Waals surface area contributed by atoms with Gasteiger partial charge in [-0.15, -0.1) is 0 Å². The lowest BCUT2D eigenvalue weighted by atomic mass is 10.1. The molecule has 1 saturated heterocycles. The average molecular weight is 441 g/mol. The largest absolute Gasteiger partial charge is 0.340 e. The summed E-state index contributed by atoms with van der Waals surface area (Å²) in [6.45, 7) is 3.58. The first-order valence-electron chi connectivity index (χ1n) is 10.5. The highest BCUT2D eigenvalue weighted by Gasteiger charge is 2.29. The molecule has 2 N–H and O–H groups in total. The minimum atomic E-state index is -0.731. The van der Waals surface area contributed by atoms with Crippen molar-refractivity contribution in [2.45, 2.75) is 25.4 Å². The summed E-state index contributed by atoms with van der Waals surface area (Å²) in [6, 6.07) is 13.9. The number of benzene rings is 2. The number of carbonyl (C=O) groups excluding carboxylic acids is 3. The zero-order valence-electron chi connectivity index (χ0n) is 17.1. The molecular formula is C23H25ClN4O3. The van der Waals surface area contributed by atoms with Crippen LogP contribution in [0.3, 0.4) is 0 Å². The number of rotatable bonds is 5. The van der Waals surface area contributed by atoms with Gasteiger partial charge in [-0.05, 0) is 30.2 Å². The lowest BCUT2D eigenvalue weighted by Gasteiger charge is -2.35. The molecule has 1 atom stereocenters. The number of fused-ring (bicyclic) bond motifs is 1. The maximum Gasteiger partial charge on any atom is 0.254 e. The van der Waals surface area contributed by atoms with Gasteiger partial charge in [0.1, 0.15) is 6.04 Å². The van der Waals surface area contributed by atoms with Crippen molar-refractivity contribution in [3.05, 3.63) is 64.7 Å². The maximum absolute atomic E-state index is 12.7. The van der Waals surface area contributed by atoms with Gasteiger partial charge < -0.3 is 15.5 Å². The molecule has 0 radical (unpaired) electrons. The normalized spacial score (nSPS) is 19.3. The number of anilines is 1. The summed E-state index contributed by atoms with van der Waals surface area (Å²) in [7, 11) is 0. The van der Waals surface area contributed by atoms with Crippen molar-refractivity contribution in [1.29, 1.82) is 0 Å². The second kappa shape index (κ2) is 9.49. The van der Waals surface area contributed by atoms with Gasteiger partial charge in [-0.1, -0.05) is 41.9 Å². The van der Waals surface area contributed by atoms with Crippen LogP contribution in [-0.4, -0.2) is 59.7 Å². The zero-order valence-corrected chi connectivity index (χ0v) is 17.9. The molecule has 1 fully saturated rings. The van der Waals surface area contributed by atoms with Gasteiger partial charge in [-0.3, -0.25) is 19.3 Å². The summed E-state index contributed by atoms with van der Waals surface area (Å²) in [5, 5.41) is 6.27. The number of amides is 3. The minimum Gasteiger partial charge on any atom is -0.340 e. The van der Waals surface area contributed by atoms with Gasteiger partial charge in [0.05, 0.1) is 11.3 Å². The van der Waals surface area contributed by atoms with Crippen molar-refractivity contribution in [2.75, 3.05) is 31.5 Å². The topological polar surface area (TPSA) is 81.8 Å².